The third-order valence-corrected chi connectivity index (χ3v) is 4.94. The van der Waals surface area contributed by atoms with Gasteiger partial charge in [-0.15, -0.1) is 4.40 Å². The molecule has 0 bridgehead atoms. The number of benzene rings is 1. The molecular formula is C17H14N2O3S. The summed E-state index contributed by atoms with van der Waals surface area (Å²) in [5.41, 5.74) is 1.65. The van der Waals surface area contributed by atoms with Gasteiger partial charge in [0.05, 0.1) is 11.3 Å². The summed E-state index contributed by atoms with van der Waals surface area (Å²) in [6.45, 7) is 0.404. The molecule has 0 unspecified atom stereocenters. The van der Waals surface area contributed by atoms with Crippen molar-refractivity contribution >= 4 is 21.4 Å². The van der Waals surface area contributed by atoms with Crippen LogP contribution in [0, 0.1) is 0 Å². The molecule has 3 heterocycles. The first kappa shape index (κ1) is 14.0. The number of nitrogens with zero attached hydrogens (tertiary/aromatic N) is 2. The van der Waals surface area contributed by atoms with Crippen molar-refractivity contribution in [2.45, 2.75) is 0 Å². The number of allylic oxidation sites excluding steroid dienone is 2. The van der Waals surface area contributed by atoms with Gasteiger partial charge in [0.2, 0.25) is 0 Å². The fourth-order valence-corrected chi connectivity index (χ4v) is 3.63. The Labute approximate surface area is 134 Å². The second-order valence-corrected chi connectivity index (χ2v) is 7.10. The molecule has 1 aromatic carbocycles. The van der Waals surface area contributed by atoms with E-state index in [4.69, 9.17) is 4.42 Å². The van der Waals surface area contributed by atoms with E-state index >= 15 is 0 Å². The lowest BCUT2D eigenvalue weighted by Crippen LogP contribution is -2.37. The summed E-state index contributed by atoms with van der Waals surface area (Å²) >= 11 is 0. The lowest BCUT2D eigenvalue weighted by molar-refractivity contribution is 0.543. The third-order valence-electron chi connectivity index (χ3n) is 3.79. The van der Waals surface area contributed by atoms with Crippen molar-refractivity contribution in [3.05, 3.63) is 66.6 Å². The molecule has 0 spiro atoms. The molecule has 116 valence electrons. The predicted octanol–water partition coefficient (Wildman–Crippen LogP) is 2.90. The van der Waals surface area contributed by atoms with Crippen LogP contribution in [0.2, 0.25) is 0 Å². The van der Waals surface area contributed by atoms with Gasteiger partial charge in [0.25, 0.3) is 10.0 Å². The zero-order valence-corrected chi connectivity index (χ0v) is 13.0. The highest BCUT2D eigenvalue weighted by molar-refractivity contribution is 7.90. The van der Waals surface area contributed by atoms with Crippen LogP contribution in [0.1, 0.15) is 5.76 Å². The average molecular weight is 326 g/mol. The maximum Gasteiger partial charge on any atom is 0.256 e. The van der Waals surface area contributed by atoms with Gasteiger partial charge in [0.15, 0.2) is 5.84 Å². The zero-order valence-electron chi connectivity index (χ0n) is 12.2. The van der Waals surface area contributed by atoms with Crippen molar-refractivity contribution in [3.8, 4) is 11.3 Å². The smallest absolute Gasteiger partial charge is 0.256 e. The zero-order chi connectivity index (χ0) is 15.9. The highest BCUT2D eigenvalue weighted by atomic mass is 32.2. The summed E-state index contributed by atoms with van der Waals surface area (Å²) in [6, 6.07) is 13.5. The molecule has 0 radical (unpaired) electrons. The molecule has 0 saturated heterocycles. The molecule has 4 rings (SSSR count). The minimum absolute atomic E-state index is 0.0293. The van der Waals surface area contributed by atoms with E-state index < -0.39 is 10.0 Å². The number of hydrogen-bond donors (Lipinski definition) is 0. The Morgan fingerprint density at radius 3 is 2.65 bits per heavy atom. The number of amidine groups is 1. The average Bonchev–Trinajstić information content (AvgIpc) is 3.04. The van der Waals surface area contributed by atoms with Gasteiger partial charge >= 0.3 is 0 Å². The van der Waals surface area contributed by atoms with Crippen molar-refractivity contribution in [2.75, 3.05) is 12.3 Å². The minimum atomic E-state index is -3.41. The molecule has 0 amide bonds. The summed E-state index contributed by atoms with van der Waals surface area (Å²) in [5, 5.41) is 0. The van der Waals surface area contributed by atoms with Crippen molar-refractivity contribution < 1.29 is 12.8 Å². The summed E-state index contributed by atoms with van der Waals surface area (Å²) in [5.74, 6) is 1.80. The Kier molecular flexibility index (Phi) is 3.20. The molecule has 2 aliphatic heterocycles. The number of hydrogen-bond acceptors (Lipinski definition) is 4. The molecule has 0 N–H and O–H groups in total. The monoisotopic (exact) mass is 326 g/mol. The summed E-state index contributed by atoms with van der Waals surface area (Å²) in [4.78, 5) is 1.83. The standard InChI is InChI=1S/C17H14N2O3S/c20-23(21)12-11-19-10-4-7-14(17(19)18-23)16-9-8-15(22-16)13-5-2-1-3-6-13/h1-10H,11-12H2. The number of fused-ring (bicyclic) bond motifs is 1. The Bertz CT molecular complexity index is 937. The molecule has 5 nitrogen and oxygen atoms in total. The van der Waals surface area contributed by atoms with E-state index in [0.29, 0.717) is 23.7 Å². The van der Waals surface area contributed by atoms with Gasteiger partial charge in [-0.25, -0.2) is 8.42 Å². The first-order valence-corrected chi connectivity index (χ1v) is 8.87. The number of sulfonamides is 1. The number of furan rings is 1. The van der Waals surface area contributed by atoms with Crippen LogP contribution in [0.5, 0.6) is 0 Å². The van der Waals surface area contributed by atoms with Crippen molar-refractivity contribution in [2.24, 2.45) is 4.40 Å². The van der Waals surface area contributed by atoms with E-state index in [-0.39, 0.29) is 5.75 Å². The van der Waals surface area contributed by atoms with Crippen LogP contribution in [0.25, 0.3) is 16.9 Å². The van der Waals surface area contributed by atoms with Gasteiger partial charge in [-0.3, -0.25) is 0 Å². The van der Waals surface area contributed by atoms with Crippen molar-refractivity contribution in [1.82, 2.24) is 4.90 Å². The minimum Gasteiger partial charge on any atom is -0.456 e. The maximum absolute atomic E-state index is 11.8. The van der Waals surface area contributed by atoms with Crippen LogP contribution in [-0.2, 0) is 10.0 Å². The van der Waals surface area contributed by atoms with E-state index in [1.807, 2.05) is 65.7 Å². The molecule has 0 fully saturated rings. The molecular weight excluding hydrogens is 312 g/mol. The fraction of sp³-hybridized carbons (Fsp3) is 0.118. The molecule has 2 aliphatic rings. The summed E-state index contributed by atoms with van der Waals surface area (Å²) in [6.07, 6.45) is 5.53. The molecule has 2 aromatic rings. The largest absolute Gasteiger partial charge is 0.456 e. The fourth-order valence-electron chi connectivity index (χ4n) is 2.65. The Hall–Kier alpha value is -2.60. The highest BCUT2D eigenvalue weighted by Crippen LogP contribution is 2.30. The molecule has 1 aromatic heterocycles. The van der Waals surface area contributed by atoms with E-state index in [1.165, 1.54) is 0 Å². The van der Waals surface area contributed by atoms with Gasteiger partial charge < -0.3 is 9.32 Å². The van der Waals surface area contributed by atoms with Crippen LogP contribution >= 0.6 is 0 Å². The van der Waals surface area contributed by atoms with E-state index in [2.05, 4.69) is 4.40 Å². The van der Waals surface area contributed by atoms with Crippen molar-refractivity contribution in [1.29, 1.82) is 0 Å². The summed E-state index contributed by atoms with van der Waals surface area (Å²) in [7, 11) is -3.41. The lowest BCUT2D eigenvalue weighted by Gasteiger charge is -2.28. The maximum atomic E-state index is 11.8. The summed E-state index contributed by atoms with van der Waals surface area (Å²) < 4.78 is 33.5. The van der Waals surface area contributed by atoms with Crippen LogP contribution < -0.4 is 0 Å². The van der Waals surface area contributed by atoms with Crippen LogP contribution in [0.15, 0.2) is 69.6 Å². The van der Waals surface area contributed by atoms with Gasteiger partial charge in [0, 0.05) is 18.3 Å². The van der Waals surface area contributed by atoms with Gasteiger partial charge in [-0.2, -0.15) is 0 Å². The Morgan fingerprint density at radius 1 is 1.04 bits per heavy atom. The molecule has 0 saturated carbocycles. The Morgan fingerprint density at radius 2 is 1.83 bits per heavy atom. The van der Waals surface area contributed by atoms with Crippen LogP contribution in [-0.4, -0.2) is 31.5 Å². The van der Waals surface area contributed by atoms with Crippen LogP contribution in [0.4, 0.5) is 0 Å². The topological polar surface area (TPSA) is 62.9 Å². The first-order valence-electron chi connectivity index (χ1n) is 7.26. The highest BCUT2D eigenvalue weighted by Gasteiger charge is 2.28. The normalized spacial score (nSPS) is 19.0. The molecule has 23 heavy (non-hydrogen) atoms. The van der Waals surface area contributed by atoms with Gasteiger partial charge in [-0.1, -0.05) is 30.3 Å². The lowest BCUT2D eigenvalue weighted by atomic mass is 10.1. The molecule has 6 heteroatoms. The van der Waals surface area contributed by atoms with Gasteiger partial charge in [0.1, 0.15) is 11.5 Å². The second kappa shape index (κ2) is 5.24. The first-order chi connectivity index (χ1) is 11.1. The SMILES string of the molecule is O=S1(=O)CCN2C=CC=C(c3ccc(-c4ccccc4)o3)C2=N1. The number of rotatable bonds is 2. The quantitative estimate of drug-likeness (QED) is 0.851. The van der Waals surface area contributed by atoms with Gasteiger partial charge in [-0.05, 0) is 24.3 Å². The second-order valence-electron chi connectivity index (χ2n) is 5.35. The van der Waals surface area contributed by atoms with Crippen LogP contribution in [0.3, 0.4) is 0 Å². The Balaban J connectivity index is 1.76. The van der Waals surface area contributed by atoms with Crippen molar-refractivity contribution in [3.63, 3.8) is 0 Å². The van der Waals surface area contributed by atoms with E-state index in [9.17, 15) is 8.42 Å². The molecule has 0 aliphatic carbocycles. The molecule has 0 atom stereocenters. The van der Waals surface area contributed by atoms with E-state index in [0.717, 1.165) is 11.3 Å². The predicted molar refractivity (Wildman–Crippen MR) is 89.2 cm³/mol. The third kappa shape index (κ3) is 2.61. The van der Waals surface area contributed by atoms with E-state index in [1.54, 1.807) is 0 Å².